The summed E-state index contributed by atoms with van der Waals surface area (Å²) < 4.78 is 4.84. The maximum absolute atomic E-state index is 12.0. The number of Topliss-reactive ketones (excluding diaryl/α,β-unsaturated/α-hetero) is 1. The van der Waals surface area contributed by atoms with Crippen LogP contribution in [0.2, 0.25) is 5.02 Å². The van der Waals surface area contributed by atoms with Gasteiger partial charge in [0.2, 0.25) is 5.91 Å². The van der Waals surface area contributed by atoms with E-state index in [0.717, 1.165) is 0 Å². The van der Waals surface area contributed by atoms with E-state index in [1.165, 1.54) is 7.11 Å². The van der Waals surface area contributed by atoms with Crippen molar-refractivity contribution in [1.82, 2.24) is 20.7 Å². The molecular formula is C13H19ClN4O5. The Labute approximate surface area is 138 Å². The van der Waals surface area contributed by atoms with E-state index in [2.05, 4.69) is 20.7 Å². The Morgan fingerprint density at radius 1 is 1.39 bits per heavy atom. The van der Waals surface area contributed by atoms with Gasteiger partial charge in [-0.1, -0.05) is 30.5 Å². The molecule has 0 saturated heterocycles. The fourth-order valence-electron chi connectivity index (χ4n) is 1.56. The summed E-state index contributed by atoms with van der Waals surface area (Å²) in [5, 5.41) is 31.7. The second-order valence-electron chi connectivity index (χ2n) is 5.47. The second-order valence-corrected chi connectivity index (χ2v) is 5.85. The third kappa shape index (κ3) is 4.81. The zero-order valence-electron chi connectivity index (χ0n) is 13.0. The first kappa shape index (κ1) is 19.2. The van der Waals surface area contributed by atoms with E-state index in [1.807, 2.05) is 0 Å². The van der Waals surface area contributed by atoms with Crippen molar-refractivity contribution in [2.75, 3.05) is 20.3 Å². The number of ether oxygens (including phenoxy) is 1. The van der Waals surface area contributed by atoms with Crippen molar-refractivity contribution in [1.29, 1.82) is 0 Å². The lowest BCUT2D eigenvalue weighted by Gasteiger charge is -2.27. The van der Waals surface area contributed by atoms with Gasteiger partial charge in [-0.05, 0) is 5.21 Å². The molecule has 1 heterocycles. The van der Waals surface area contributed by atoms with Crippen molar-refractivity contribution in [3.05, 3.63) is 10.7 Å². The van der Waals surface area contributed by atoms with Crippen LogP contribution < -0.4 is 10.1 Å². The first-order valence-electron chi connectivity index (χ1n) is 6.77. The fourth-order valence-corrected chi connectivity index (χ4v) is 1.82. The molecule has 0 unspecified atom stereocenters. The summed E-state index contributed by atoms with van der Waals surface area (Å²) in [4.78, 5) is 23.8. The van der Waals surface area contributed by atoms with Crippen molar-refractivity contribution >= 4 is 23.3 Å². The highest BCUT2D eigenvalue weighted by molar-refractivity contribution is 6.34. The molecule has 0 spiro atoms. The van der Waals surface area contributed by atoms with E-state index in [-0.39, 0.29) is 36.2 Å². The largest absolute Gasteiger partial charge is 0.479 e. The SMILES string of the molecule is COc1nnnc(C(=O)CCNC(=O)[C@H](O)C(C)(C)CO)c1Cl. The summed E-state index contributed by atoms with van der Waals surface area (Å²) in [6.07, 6.45) is -1.49. The van der Waals surface area contributed by atoms with Crippen LogP contribution in [-0.2, 0) is 4.79 Å². The summed E-state index contributed by atoms with van der Waals surface area (Å²) in [7, 11) is 1.33. The van der Waals surface area contributed by atoms with E-state index in [1.54, 1.807) is 13.8 Å². The quantitative estimate of drug-likeness (QED) is 0.541. The molecule has 1 aromatic heterocycles. The maximum Gasteiger partial charge on any atom is 0.256 e. The van der Waals surface area contributed by atoms with Crippen LogP contribution >= 0.6 is 11.6 Å². The number of amides is 1. The minimum Gasteiger partial charge on any atom is -0.479 e. The van der Waals surface area contributed by atoms with Crippen molar-refractivity contribution in [2.45, 2.75) is 26.4 Å². The molecule has 1 aromatic rings. The fraction of sp³-hybridized carbons (Fsp3) is 0.615. The Morgan fingerprint density at radius 3 is 2.61 bits per heavy atom. The number of aliphatic hydroxyl groups excluding tert-OH is 2. The molecule has 0 bridgehead atoms. The van der Waals surface area contributed by atoms with Gasteiger partial charge in [0.15, 0.2) is 11.5 Å². The van der Waals surface area contributed by atoms with Gasteiger partial charge in [-0.3, -0.25) is 9.59 Å². The predicted molar refractivity (Wildman–Crippen MR) is 80.2 cm³/mol. The Bertz CT molecular complexity index is 581. The average molecular weight is 347 g/mol. The summed E-state index contributed by atoms with van der Waals surface area (Å²) in [6.45, 7) is 2.70. The molecule has 1 amide bonds. The minimum absolute atomic E-state index is 0.0193. The van der Waals surface area contributed by atoms with Gasteiger partial charge in [0.05, 0.1) is 13.7 Å². The van der Waals surface area contributed by atoms with Crippen LogP contribution in [0.3, 0.4) is 0 Å². The Kier molecular flexibility index (Phi) is 6.79. The van der Waals surface area contributed by atoms with Crippen LogP contribution in [-0.4, -0.2) is 63.7 Å². The molecule has 0 aromatic carbocycles. The first-order valence-corrected chi connectivity index (χ1v) is 7.15. The molecule has 1 atom stereocenters. The van der Waals surface area contributed by atoms with E-state index < -0.39 is 23.2 Å². The van der Waals surface area contributed by atoms with Crippen LogP contribution in [0, 0.1) is 5.41 Å². The molecule has 0 aliphatic heterocycles. The number of hydrogen-bond donors (Lipinski definition) is 3. The van der Waals surface area contributed by atoms with Crippen molar-refractivity contribution in [3.8, 4) is 5.88 Å². The zero-order valence-corrected chi connectivity index (χ0v) is 13.8. The molecule has 3 N–H and O–H groups in total. The van der Waals surface area contributed by atoms with Gasteiger partial charge in [0.1, 0.15) is 11.1 Å². The number of halogens is 1. The van der Waals surface area contributed by atoms with Crippen molar-refractivity contribution in [2.24, 2.45) is 5.41 Å². The van der Waals surface area contributed by atoms with Gasteiger partial charge in [-0.2, -0.15) is 0 Å². The van der Waals surface area contributed by atoms with Crippen LogP contribution in [0.1, 0.15) is 30.8 Å². The smallest absolute Gasteiger partial charge is 0.256 e. The number of ketones is 1. The standard InChI is InChI=1S/C13H19ClN4O5/c1-13(2,6-19)10(21)11(22)15-5-4-7(20)9-8(14)12(23-3)17-18-16-9/h10,19,21H,4-6H2,1-3H3,(H,15,22)/t10-/m0/s1. The molecule has 9 nitrogen and oxygen atoms in total. The van der Waals surface area contributed by atoms with Crippen LogP contribution in [0.4, 0.5) is 0 Å². The lowest BCUT2D eigenvalue weighted by molar-refractivity contribution is -0.137. The van der Waals surface area contributed by atoms with E-state index in [9.17, 15) is 14.7 Å². The normalized spacial score (nSPS) is 12.6. The van der Waals surface area contributed by atoms with Gasteiger partial charge in [-0.25, -0.2) is 0 Å². The van der Waals surface area contributed by atoms with Gasteiger partial charge >= 0.3 is 0 Å². The lowest BCUT2D eigenvalue weighted by Crippen LogP contribution is -2.46. The Morgan fingerprint density at radius 2 is 2.04 bits per heavy atom. The monoisotopic (exact) mass is 346 g/mol. The number of carbonyl (C=O) groups is 2. The highest BCUT2D eigenvalue weighted by Crippen LogP contribution is 2.23. The number of hydrogen-bond acceptors (Lipinski definition) is 8. The zero-order chi connectivity index (χ0) is 17.6. The molecule has 128 valence electrons. The van der Waals surface area contributed by atoms with Crippen LogP contribution in [0.15, 0.2) is 0 Å². The molecule has 0 aliphatic rings. The number of aliphatic hydroxyl groups is 2. The second kappa shape index (κ2) is 8.14. The predicted octanol–water partition coefficient (Wildman–Crippen LogP) is -0.398. The van der Waals surface area contributed by atoms with Gasteiger partial charge < -0.3 is 20.3 Å². The third-order valence-electron chi connectivity index (χ3n) is 3.18. The minimum atomic E-state index is -1.40. The third-order valence-corrected chi connectivity index (χ3v) is 3.52. The molecule has 10 heteroatoms. The average Bonchev–Trinajstić information content (AvgIpc) is 2.53. The van der Waals surface area contributed by atoms with Crippen LogP contribution in [0.25, 0.3) is 0 Å². The molecule has 0 fully saturated rings. The number of methoxy groups -OCH3 is 1. The number of rotatable bonds is 8. The van der Waals surface area contributed by atoms with Gasteiger partial charge in [-0.15, -0.1) is 5.10 Å². The van der Waals surface area contributed by atoms with Gasteiger partial charge in [0, 0.05) is 18.4 Å². The van der Waals surface area contributed by atoms with E-state index >= 15 is 0 Å². The van der Waals surface area contributed by atoms with Crippen LogP contribution in [0.5, 0.6) is 5.88 Å². The number of nitrogens with zero attached hydrogens (tertiary/aromatic N) is 3. The number of nitrogens with one attached hydrogen (secondary N) is 1. The summed E-state index contributed by atoms with van der Waals surface area (Å²) in [6, 6.07) is 0. The lowest BCUT2D eigenvalue weighted by atomic mass is 9.87. The summed E-state index contributed by atoms with van der Waals surface area (Å²) in [5.74, 6) is -1.16. The molecule has 1 rings (SSSR count). The topological polar surface area (TPSA) is 135 Å². The first-order chi connectivity index (χ1) is 10.7. The highest BCUT2D eigenvalue weighted by Gasteiger charge is 2.32. The Hall–Kier alpha value is -1.84. The highest BCUT2D eigenvalue weighted by atomic mass is 35.5. The van der Waals surface area contributed by atoms with E-state index in [0.29, 0.717) is 0 Å². The molecular weight excluding hydrogens is 328 g/mol. The molecule has 0 saturated carbocycles. The summed E-state index contributed by atoms with van der Waals surface area (Å²) in [5.41, 5.74) is -1.09. The van der Waals surface area contributed by atoms with Crippen molar-refractivity contribution < 1.29 is 24.5 Å². The van der Waals surface area contributed by atoms with E-state index in [4.69, 9.17) is 21.4 Å². The van der Waals surface area contributed by atoms with Crippen molar-refractivity contribution in [3.63, 3.8) is 0 Å². The molecule has 23 heavy (non-hydrogen) atoms. The van der Waals surface area contributed by atoms with Gasteiger partial charge in [0.25, 0.3) is 5.88 Å². The molecule has 0 radical (unpaired) electrons. The summed E-state index contributed by atoms with van der Waals surface area (Å²) >= 11 is 5.91. The molecule has 0 aliphatic carbocycles. The number of carbonyl (C=O) groups excluding carboxylic acids is 2. The maximum atomic E-state index is 12.0. The Balaban J connectivity index is 2.60. The number of aromatic nitrogens is 3.